The molecule has 0 spiro atoms. The van der Waals surface area contributed by atoms with Crippen LogP contribution in [0.2, 0.25) is 0 Å². The van der Waals surface area contributed by atoms with Gasteiger partial charge in [-0.2, -0.15) is 0 Å². The summed E-state index contributed by atoms with van der Waals surface area (Å²) in [4.78, 5) is 0. The van der Waals surface area contributed by atoms with E-state index < -0.39 is 6.10 Å². The van der Waals surface area contributed by atoms with Gasteiger partial charge in [-0.3, -0.25) is 0 Å². The lowest BCUT2D eigenvalue weighted by Gasteiger charge is -2.20. The van der Waals surface area contributed by atoms with Crippen molar-refractivity contribution in [2.24, 2.45) is 0 Å². The van der Waals surface area contributed by atoms with E-state index in [9.17, 15) is 10.2 Å². The minimum absolute atomic E-state index is 0.0217. The summed E-state index contributed by atoms with van der Waals surface area (Å²) in [5.41, 5.74) is 4.48. The maximum absolute atomic E-state index is 10.3. The zero-order valence-corrected chi connectivity index (χ0v) is 10.1. The van der Waals surface area contributed by atoms with E-state index in [0.717, 1.165) is 16.7 Å². The van der Waals surface area contributed by atoms with Crippen molar-refractivity contribution in [1.29, 1.82) is 0 Å². The van der Waals surface area contributed by atoms with E-state index in [1.54, 1.807) is 0 Å². The molecule has 92 valence electrons. The molecule has 18 heavy (non-hydrogen) atoms. The Morgan fingerprint density at radius 2 is 1.61 bits per heavy atom. The number of hydrogen-bond acceptors (Lipinski definition) is 2. The molecule has 2 aromatic rings. The molecule has 0 aromatic heterocycles. The minimum Gasteiger partial charge on any atom is -0.396 e. The number of aliphatic hydroxyl groups is 2. The lowest BCUT2D eigenvalue weighted by molar-refractivity contribution is 0.108. The van der Waals surface area contributed by atoms with Crippen LogP contribution < -0.4 is 0 Å². The van der Waals surface area contributed by atoms with Crippen molar-refractivity contribution in [2.75, 3.05) is 6.61 Å². The third kappa shape index (κ3) is 1.74. The van der Waals surface area contributed by atoms with Crippen LogP contribution in [0.4, 0.5) is 0 Å². The SMILES string of the molecule is OCC1c2ccccc2-c2ccccc2CC1O. The largest absolute Gasteiger partial charge is 0.396 e. The van der Waals surface area contributed by atoms with Gasteiger partial charge in [0.1, 0.15) is 0 Å². The van der Waals surface area contributed by atoms with E-state index in [-0.39, 0.29) is 12.5 Å². The molecule has 2 atom stereocenters. The van der Waals surface area contributed by atoms with Gasteiger partial charge in [0, 0.05) is 5.92 Å². The van der Waals surface area contributed by atoms with Gasteiger partial charge in [0.05, 0.1) is 12.7 Å². The molecule has 0 fully saturated rings. The first-order valence-corrected chi connectivity index (χ1v) is 6.27. The van der Waals surface area contributed by atoms with E-state index in [4.69, 9.17) is 0 Å². The quantitative estimate of drug-likeness (QED) is 0.803. The highest BCUT2D eigenvalue weighted by Crippen LogP contribution is 2.37. The summed E-state index contributed by atoms with van der Waals surface area (Å²) < 4.78 is 0. The highest BCUT2D eigenvalue weighted by molar-refractivity contribution is 5.72. The molecule has 0 bridgehead atoms. The van der Waals surface area contributed by atoms with Gasteiger partial charge >= 0.3 is 0 Å². The standard InChI is InChI=1S/C16H16O2/c17-10-15-14-8-4-3-7-13(14)12-6-2-1-5-11(12)9-16(15)18/h1-8,15-18H,9-10H2. The third-order valence-corrected chi connectivity index (χ3v) is 3.76. The van der Waals surface area contributed by atoms with Crippen LogP contribution in [-0.2, 0) is 6.42 Å². The average molecular weight is 240 g/mol. The van der Waals surface area contributed by atoms with Crippen molar-refractivity contribution < 1.29 is 10.2 Å². The summed E-state index contributed by atoms with van der Waals surface area (Å²) in [6, 6.07) is 16.2. The molecule has 0 saturated heterocycles. The van der Waals surface area contributed by atoms with Crippen LogP contribution in [0.1, 0.15) is 17.0 Å². The summed E-state index contributed by atoms with van der Waals surface area (Å²) in [5, 5.41) is 19.8. The molecular formula is C16H16O2. The van der Waals surface area contributed by atoms with Crippen molar-refractivity contribution in [3.63, 3.8) is 0 Å². The summed E-state index contributed by atoms with van der Waals surface area (Å²) >= 11 is 0. The molecule has 2 aromatic carbocycles. The summed E-state index contributed by atoms with van der Waals surface area (Å²) in [7, 11) is 0. The summed E-state index contributed by atoms with van der Waals surface area (Å²) in [6.07, 6.45) is 0.0654. The second kappa shape index (κ2) is 4.56. The van der Waals surface area contributed by atoms with Gasteiger partial charge in [-0.1, -0.05) is 48.5 Å². The van der Waals surface area contributed by atoms with E-state index in [0.29, 0.717) is 6.42 Å². The van der Waals surface area contributed by atoms with Crippen LogP contribution in [0.15, 0.2) is 48.5 Å². The fourth-order valence-electron chi connectivity index (χ4n) is 2.82. The predicted molar refractivity (Wildman–Crippen MR) is 71.4 cm³/mol. The Morgan fingerprint density at radius 1 is 0.944 bits per heavy atom. The molecular weight excluding hydrogens is 224 g/mol. The fourth-order valence-corrected chi connectivity index (χ4v) is 2.82. The molecule has 1 aliphatic carbocycles. The van der Waals surface area contributed by atoms with Crippen LogP contribution in [0.3, 0.4) is 0 Å². The first kappa shape index (κ1) is 11.5. The Bertz CT molecular complexity index is 563. The highest BCUT2D eigenvalue weighted by Gasteiger charge is 2.27. The zero-order chi connectivity index (χ0) is 12.5. The monoisotopic (exact) mass is 240 g/mol. The van der Waals surface area contributed by atoms with E-state index in [2.05, 4.69) is 18.2 Å². The molecule has 0 aliphatic heterocycles. The predicted octanol–water partition coefficient (Wildman–Crippen LogP) is 2.35. The van der Waals surface area contributed by atoms with E-state index >= 15 is 0 Å². The van der Waals surface area contributed by atoms with Crippen LogP contribution in [0, 0.1) is 0 Å². The van der Waals surface area contributed by atoms with Crippen LogP contribution in [-0.4, -0.2) is 22.9 Å². The lowest BCUT2D eigenvalue weighted by Crippen LogP contribution is -2.22. The second-order valence-corrected chi connectivity index (χ2v) is 4.80. The number of fused-ring (bicyclic) bond motifs is 3. The van der Waals surface area contributed by atoms with Gasteiger partial charge in [-0.25, -0.2) is 0 Å². The molecule has 2 unspecified atom stereocenters. The highest BCUT2D eigenvalue weighted by atomic mass is 16.3. The van der Waals surface area contributed by atoms with Crippen molar-refractivity contribution in [2.45, 2.75) is 18.4 Å². The Morgan fingerprint density at radius 3 is 2.39 bits per heavy atom. The van der Waals surface area contributed by atoms with Gasteiger partial charge in [0.15, 0.2) is 0 Å². The zero-order valence-electron chi connectivity index (χ0n) is 10.1. The third-order valence-electron chi connectivity index (χ3n) is 3.76. The molecule has 1 aliphatic rings. The number of hydrogen-bond donors (Lipinski definition) is 2. The molecule has 0 heterocycles. The van der Waals surface area contributed by atoms with Crippen molar-refractivity contribution in [3.8, 4) is 11.1 Å². The van der Waals surface area contributed by atoms with Crippen LogP contribution in [0.5, 0.6) is 0 Å². The van der Waals surface area contributed by atoms with Crippen molar-refractivity contribution >= 4 is 0 Å². The maximum Gasteiger partial charge on any atom is 0.0671 e. The Balaban J connectivity index is 2.26. The van der Waals surface area contributed by atoms with Gasteiger partial charge < -0.3 is 10.2 Å². The van der Waals surface area contributed by atoms with Crippen molar-refractivity contribution in [3.05, 3.63) is 59.7 Å². The molecule has 0 amide bonds. The summed E-state index contributed by atoms with van der Waals surface area (Å²) in [6.45, 7) is -0.0217. The van der Waals surface area contributed by atoms with Crippen molar-refractivity contribution in [1.82, 2.24) is 0 Å². The molecule has 2 nitrogen and oxygen atoms in total. The Labute approximate surface area is 107 Å². The van der Waals surface area contributed by atoms with Gasteiger partial charge in [-0.05, 0) is 28.7 Å². The molecule has 2 N–H and O–H groups in total. The minimum atomic E-state index is -0.528. The second-order valence-electron chi connectivity index (χ2n) is 4.80. The average Bonchev–Trinajstić information content (AvgIpc) is 2.52. The molecule has 3 rings (SSSR count). The van der Waals surface area contributed by atoms with Gasteiger partial charge in [-0.15, -0.1) is 0 Å². The Kier molecular flexibility index (Phi) is 2.90. The van der Waals surface area contributed by atoms with E-state index in [1.165, 1.54) is 5.56 Å². The van der Waals surface area contributed by atoms with E-state index in [1.807, 2.05) is 30.3 Å². The van der Waals surface area contributed by atoms with Gasteiger partial charge in [0.2, 0.25) is 0 Å². The first-order valence-electron chi connectivity index (χ1n) is 6.27. The fraction of sp³-hybridized carbons (Fsp3) is 0.250. The molecule has 0 radical (unpaired) electrons. The molecule has 0 saturated carbocycles. The maximum atomic E-state index is 10.3. The lowest BCUT2D eigenvalue weighted by atomic mass is 9.90. The number of aliphatic hydroxyl groups excluding tert-OH is 2. The van der Waals surface area contributed by atoms with Gasteiger partial charge in [0.25, 0.3) is 0 Å². The normalized spacial score (nSPS) is 21.9. The topological polar surface area (TPSA) is 40.5 Å². The number of benzene rings is 2. The van der Waals surface area contributed by atoms with Crippen LogP contribution >= 0.6 is 0 Å². The summed E-state index contributed by atoms with van der Waals surface area (Å²) in [5.74, 6) is -0.200. The smallest absolute Gasteiger partial charge is 0.0671 e. The molecule has 2 heteroatoms. The van der Waals surface area contributed by atoms with Crippen LogP contribution in [0.25, 0.3) is 11.1 Å². The number of rotatable bonds is 1. The Hall–Kier alpha value is -1.64. The first-order chi connectivity index (χ1) is 8.81.